The van der Waals surface area contributed by atoms with Crippen molar-refractivity contribution in [3.63, 3.8) is 0 Å². The van der Waals surface area contributed by atoms with E-state index in [2.05, 4.69) is 21.3 Å². The molecule has 0 aliphatic heterocycles. The Balaban J connectivity index is 1.36. The molecule has 1 saturated carbocycles. The number of hydrogen-bond acceptors (Lipinski definition) is 6. The summed E-state index contributed by atoms with van der Waals surface area (Å²) in [5.74, 6) is -0.164. The Hall–Kier alpha value is -3.94. The van der Waals surface area contributed by atoms with Gasteiger partial charge >= 0.3 is 12.3 Å². The summed E-state index contributed by atoms with van der Waals surface area (Å²) in [6.45, 7) is 6.71. The average molecular weight is 574 g/mol. The van der Waals surface area contributed by atoms with Crippen molar-refractivity contribution in [1.82, 2.24) is 10.6 Å². The van der Waals surface area contributed by atoms with Crippen molar-refractivity contribution in [3.05, 3.63) is 59.2 Å². The van der Waals surface area contributed by atoms with Crippen molar-refractivity contribution < 1.29 is 27.5 Å². The van der Waals surface area contributed by atoms with Gasteiger partial charge in [-0.25, -0.2) is 4.79 Å². The number of nitrogens with zero attached hydrogens (tertiary/aromatic N) is 1. The Bertz CT molecular complexity index is 1210. The van der Waals surface area contributed by atoms with Crippen LogP contribution in [-0.4, -0.2) is 42.8 Å². The molecule has 41 heavy (non-hydrogen) atoms. The van der Waals surface area contributed by atoms with E-state index in [1.165, 1.54) is 12.1 Å². The molecular weight excluding hydrogens is 535 g/mol. The summed E-state index contributed by atoms with van der Waals surface area (Å²) in [4.78, 5) is 24.4. The molecule has 0 saturated heterocycles. The molecule has 1 aliphatic rings. The predicted octanol–water partition coefficient (Wildman–Crippen LogP) is 6.45. The van der Waals surface area contributed by atoms with Crippen LogP contribution >= 0.6 is 0 Å². The van der Waals surface area contributed by atoms with Crippen molar-refractivity contribution in [2.45, 2.75) is 83.2 Å². The van der Waals surface area contributed by atoms with Crippen LogP contribution in [0.5, 0.6) is 0 Å². The normalized spacial score (nSPS) is 17.2. The van der Waals surface area contributed by atoms with Crippen LogP contribution in [0.1, 0.15) is 80.8 Å². The Labute approximate surface area is 239 Å². The number of nitriles is 1. The fraction of sp³-hybridized carbons (Fsp3) is 0.500. The number of ether oxygens (including phenoxy) is 1. The fourth-order valence-electron chi connectivity index (χ4n) is 4.58. The van der Waals surface area contributed by atoms with Crippen LogP contribution in [0.3, 0.4) is 0 Å². The molecule has 1 aliphatic carbocycles. The SMILES string of the molecule is CC(C)(C)OC(=O)NCCCCNc1ccc(C(=O)NC2CCC(Nc3ccc(C#N)c(C(F)(F)F)c3)CC2)cc1. The highest BCUT2D eigenvalue weighted by Gasteiger charge is 2.34. The number of alkyl halides is 3. The second-order valence-corrected chi connectivity index (χ2v) is 11.2. The number of carbonyl (C=O) groups excluding carboxylic acids is 2. The quantitative estimate of drug-likeness (QED) is 0.243. The van der Waals surface area contributed by atoms with E-state index in [1.54, 1.807) is 18.2 Å². The number of halogens is 3. The summed E-state index contributed by atoms with van der Waals surface area (Å²) < 4.78 is 44.9. The van der Waals surface area contributed by atoms with Gasteiger partial charge in [0, 0.05) is 42.1 Å². The zero-order valence-corrected chi connectivity index (χ0v) is 23.7. The molecule has 2 aromatic rings. The highest BCUT2D eigenvalue weighted by molar-refractivity contribution is 5.94. The maximum atomic E-state index is 13.2. The largest absolute Gasteiger partial charge is 0.444 e. The predicted molar refractivity (Wildman–Crippen MR) is 152 cm³/mol. The summed E-state index contributed by atoms with van der Waals surface area (Å²) in [6.07, 6.45) is -0.569. The molecule has 11 heteroatoms. The monoisotopic (exact) mass is 573 g/mol. The summed E-state index contributed by atoms with van der Waals surface area (Å²) in [6, 6.07) is 12.4. The molecule has 0 bridgehead atoms. The van der Waals surface area contributed by atoms with E-state index in [0.717, 1.165) is 31.1 Å². The number of anilines is 2. The Morgan fingerprint density at radius 2 is 1.54 bits per heavy atom. The smallest absolute Gasteiger partial charge is 0.417 e. The lowest BCUT2D eigenvalue weighted by Gasteiger charge is -2.30. The number of benzene rings is 2. The first-order valence-electron chi connectivity index (χ1n) is 13.8. The van der Waals surface area contributed by atoms with Gasteiger partial charge in [0.1, 0.15) is 5.60 Å². The van der Waals surface area contributed by atoms with Gasteiger partial charge in [-0.2, -0.15) is 18.4 Å². The fourth-order valence-corrected chi connectivity index (χ4v) is 4.58. The van der Waals surface area contributed by atoms with Crippen LogP contribution in [0.2, 0.25) is 0 Å². The number of amides is 2. The first-order chi connectivity index (χ1) is 19.3. The van der Waals surface area contributed by atoms with E-state index in [1.807, 2.05) is 32.9 Å². The third-order valence-corrected chi connectivity index (χ3v) is 6.63. The number of carbonyl (C=O) groups is 2. The molecule has 0 aromatic heterocycles. The average Bonchev–Trinajstić information content (AvgIpc) is 2.90. The first-order valence-corrected chi connectivity index (χ1v) is 13.8. The minimum absolute atomic E-state index is 0.0145. The van der Waals surface area contributed by atoms with E-state index >= 15 is 0 Å². The highest BCUT2D eigenvalue weighted by Crippen LogP contribution is 2.34. The zero-order valence-electron chi connectivity index (χ0n) is 23.7. The van der Waals surface area contributed by atoms with Gasteiger partial charge in [0.2, 0.25) is 0 Å². The van der Waals surface area contributed by atoms with Gasteiger partial charge in [0.25, 0.3) is 5.91 Å². The molecule has 1 fully saturated rings. The summed E-state index contributed by atoms with van der Waals surface area (Å²) in [7, 11) is 0. The van der Waals surface area contributed by atoms with Crippen molar-refractivity contribution >= 4 is 23.4 Å². The minimum Gasteiger partial charge on any atom is -0.444 e. The number of unbranched alkanes of at least 4 members (excludes halogenated alkanes) is 1. The van der Waals surface area contributed by atoms with Crippen molar-refractivity contribution in [2.24, 2.45) is 0 Å². The molecule has 222 valence electrons. The summed E-state index contributed by atoms with van der Waals surface area (Å²) >= 11 is 0. The van der Waals surface area contributed by atoms with Crippen molar-refractivity contribution in [3.8, 4) is 6.07 Å². The molecule has 2 amide bonds. The van der Waals surface area contributed by atoms with Gasteiger partial charge in [-0.05, 0) is 102 Å². The third kappa shape index (κ3) is 10.5. The van der Waals surface area contributed by atoms with E-state index in [0.29, 0.717) is 43.5 Å². The van der Waals surface area contributed by atoms with E-state index < -0.39 is 29.0 Å². The van der Waals surface area contributed by atoms with Crippen LogP contribution < -0.4 is 21.3 Å². The van der Waals surface area contributed by atoms with Crippen LogP contribution in [0.25, 0.3) is 0 Å². The topological polar surface area (TPSA) is 115 Å². The third-order valence-electron chi connectivity index (χ3n) is 6.63. The second-order valence-electron chi connectivity index (χ2n) is 11.2. The van der Waals surface area contributed by atoms with Crippen LogP contribution in [0.15, 0.2) is 42.5 Å². The van der Waals surface area contributed by atoms with Gasteiger partial charge < -0.3 is 26.0 Å². The van der Waals surface area contributed by atoms with Gasteiger partial charge in [-0.1, -0.05) is 0 Å². The van der Waals surface area contributed by atoms with Crippen LogP contribution in [-0.2, 0) is 10.9 Å². The second kappa shape index (κ2) is 14.1. The molecule has 8 nitrogen and oxygen atoms in total. The van der Waals surface area contributed by atoms with E-state index in [-0.39, 0.29) is 18.0 Å². The Morgan fingerprint density at radius 1 is 0.927 bits per heavy atom. The molecular formula is C30H38F3N5O3. The standard InChI is InChI=1S/C30H38F3N5O3/c1-29(2,3)41-28(40)36-17-5-4-16-35-22-9-6-20(7-10-22)27(39)38-24-14-12-23(13-15-24)37-25-11-8-21(19-34)26(18-25)30(31,32)33/h6-11,18,23-24,35,37H,4-5,12-17H2,1-3H3,(H,36,40)(H,38,39). The highest BCUT2D eigenvalue weighted by atomic mass is 19.4. The van der Waals surface area contributed by atoms with Crippen LogP contribution in [0, 0.1) is 11.3 Å². The van der Waals surface area contributed by atoms with Gasteiger partial charge in [-0.15, -0.1) is 0 Å². The lowest BCUT2D eigenvalue weighted by atomic mass is 9.90. The van der Waals surface area contributed by atoms with Crippen LogP contribution in [0.4, 0.5) is 29.3 Å². The Morgan fingerprint density at radius 3 is 2.15 bits per heavy atom. The van der Waals surface area contributed by atoms with E-state index in [9.17, 15) is 22.8 Å². The first kappa shape index (κ1) is 31.6. The molecule has 4 N–H and O–H groups in total. The maximum Gasteiger partial charge on any atom is 0.417 e. The maximum absolute atomic E-state index is 13.2. The van der Waals surface area contributed by atoms with E-state index in [4.69, 9.17) is 10.00 Å². The lowest BCUT2D eigenvalue weighted by Crippen LogP contribution is -2.40. The molecule has 0 heterocycles. The molecule has 0 spiro atoms. The molecule has 2 aromatic carbocycles. The minimum atomic E-state index is -4.60. The van der Waals surface area contributed by atoms with Crippen molar-refractivity contribution in [2.75, 3.05) is 23.7 Å². The Kier molecular flexibility index (Phi) is 10.9. The molecule has 0 atom stereocenters. The molecule has 3 rings (SSSR count). The summed E-state index contributed by atoms with van der Waals surface area (Å²) in [5, 5.41) is 21.2. The molecule has 0 radical (unpaired) electrons. The lowest BCUT2D eigenvalue weighted by molar-refractivity contribution is -0.137. The molecule has 0 unspecified atom stereocenters. The zero-order chi connectivity index (χ0) is 30.0. The number of alkyl carbamates (subject to hydrolysis) is 1. The number of nitrogens with one attached hydrogen (secondary N) is 4. The van der Waals surface area contributed by atoms with Gasteiger partial charge in [-0.3, -0.25) is 4.79 Å². The van der Waals surface area contributed by atoms with Gasteiger partial charge in [0.15, 0.2) is 0 Å². The number of hydrogen-bond donors (Lipinski definition) is 4. The van der Waals surface area contributed by atoms with Crippen molar-refractivity contribution in [1.29, 1.82) is 5.26 Å². The van der Waals surface area contributed by atoms with Gasteiger partial charge in [0.05, 0.1) is 17.2 Å². The number of rotatable bonds is 10. The summed E-state index contributed by atoms with van der Waals surface area (Å²) in [5.41, 5.74) is -0.0904.